The van der Waals surface area contributed by atoms with Gasteiger partial charge in [-0.15, -0.1) is 0 Å². The van der Waals surface area contributed by atoms with E-state index in [4.69, 9.17) is 0 Å². The molecule has 0 N–H and O–H groups in total. The topological polar surface area (TPSA) is 64.5 Å². The van der Waals surface area contributed by atoms with Gasteiger partial charge in [-0.25, -0.2) is 24.9 Å². The summed E-state index contributed by atoms with van der Waals surface area (Å²) in [5, 5.41) is 0. The summed E-state index contributed by atoms with van der Waals surface area (Å²) >= 11 is 0. The van der Waals surface area contributed by atoms with Crippen molar-refractivity contribution >= 4 is 0 Å². The molecule has 0 spiro atoms. The minimum atomic E-state index is 0.868. The lowest BCUT2D eigenvalue weighted by Crippen LogP contribution is -2.05. The standard InChI is InChI=1S/C13H23N3.C11H18N2/c1-4-6-8-10-13-15-11(3)14-12(16-13)9-7-5-2;1-5-7-11-12-9(4)8(3)10(6-2)13-11/h4-10H2,1-3H3;5-7H2,1-4H3. The second kappa shape index (κ2) is 14.1. The van der Waals surface area contributed by atoms with Gasteiger partial charge in [-0.3, -0.25) is 0 Å². The van der Waals surface area contributed by atoms with Crippen LogP contribution in [0, 0.1) is 20.8 Å². The fraction of sp³-hybridized carbons (Fsp3) is 0.708. The molecule has 0 fully saturated rings. The largest absolute Gasteiger partial charge is 0.238 e. The second-order valence-corrected chi connectivity index (χ2v) is 7.68. The van der Waals surface area contributed by atoms with Crippen LogP contribution in [0.2, 0.25) is 0 Å². The van der Waals surface area contributed by atoms with Crippen molar-refractivity contribution < 1.29 is 0 Å². The third kappa shape index (κ3) is 9.42. The van der Waals surface area contributed by atoms with E-state index in [-0.39, 0.29) is 0 Å². The van der Waals surface area contributed by atoms with Crippen molar-refractivity contribution in [3.63, 3.8) is 0 Å². The fourth-order valence-electron chi connectivity index (χ4n) is 3.12. The maximum atomic E-state index is 4.53. The predicted octanol–water partition coefficient (Wildman–Crippen LogP) is 5.86. The van der Waals surface area contributed by atoms with E-state index in [1.165, 1.54) is 36.9 Å². The molecule has 2 rings (SSSR count). The highest BCUT2D eigenvalue weighted by Crippen LogP contribution is 2.10. The van der Waals surface area contributed by atoms with Crippen molar-refractivity contribution in [1.29, 1.82) is 0 Å². The van der Waals surface area contributed by atoms with Crippen molar-refractivity contribution in [1.82, 2.24) is 24.9 Å². The zero-order valence-corrected chi connectivity index (χ0v) is 19.8. The first-order valence-corrected chi connectivity index (χ1v) is 11.5. The van der Waals surface area contributed by atoms with Gasteiger partial charge in [-0.1, -0.05) is 47.0 Å². The molecule has 2 heterocycles. The Bertz CT molecular complexity index is 727. The number of hydrogen-bond acceptors (Lipinski definition) is 5. The first kappa shape index (κ1) is 25.1. The molecule has 0 aromatic carbocycles. The van der Waals surface area contributed by atoms with Gasteiger partial charge in [0.1, 0.15) is 23.3 Å². The summed E-state index contributed by atoms with van der Waals surface area (Å²) in [5.41, 5.74) is 3.59. The molecule has 5 heteroatoms. The van der Waals surface area contributed by atoms with E-state index in [1.807, 2.05) is 6.92 Å². The average molecular weight is 400 g/mol. The van der Waals surface area contributed by atoms with Gasteiger partial charge in [0.2, 0.25) is 0 Å². The summed E-state index contributed by atoms with van der Waals surface area (Å²) in [6.07, 6.45) is 11.1. The van der Waals surface area contributed by atoms with Crippen LogP contribution >= 0.6 is 0 Å². The van der Waals surface area contributed by atoms with Crippen molar-refractivity contribution in [2.24, 2.45) is 0 Å². The van der Waals surface area contributed by atoms with Crippen molar-refractivity contribution in [3.05, 3.63) is 40.2 Å². The number of rotatable bonds is 10. The molecule has 5 nitrogen and oxygen atoms in total. The highest BCUT2D eigenvalue weighted by Gasteiger charge is 2.05. The third-order valence-electron chi connectivity index (χ3n) is 4.94. The van der Waals surface area contributed by atoms with Gasteiger partial charge >= 0.3 is 0 Å². The molecule has 0 aliphatic rings. The van der Waals surface area contributed by atoms with Gasteiger partial charge in [0.05, 0.1) is 0 Å². The van der Waals surface area contributed by atoms with Crippen molar-refractivity contribution in [2.45, 2.75) is 113 Å². The molecule has 0 saturated heterocycles. The van der Waals surface area contributed by atoms with Crippen LogP contribution in [-0.2, 0) is 25.7 Å². The van der Waals surface area contributed by atoms with Gasteiger partial charge in [0.15, 0.2) is 0 Å². The monoisotopic (exact) mass is 399 g/mol. The molecule has 29 heavy (non-hydrogen) atoms. The summed E-state index contributed by atoms with van der Waals surface area (Å²) in [7, 11) is 0. The lowest BCUT2D eigenvalue weighted by Gasteiger charge is -2.07. The summed E-state index contributed by atoms with van der Waals surface area (Å²) < 4.78 is 0. The Morgan fingerprint density at radius 1 is 0.552 bits per heavy atom. The molecule has 0 saturated carbocycles. The first-order chi connectivity index (χ1) is 13.9. The lowest BCUT2D eigenvalue weighted by molar-refractivity contribution is 0.665. The summed E-state index contributed by atoms with van der Waals surface area (Å²) in [4.78, 5) is 22.3. The SMILES string of the molecule is CCCCCc1nc(C)nc(CCCC)n1.CCCc1nc(C)c(C)c(CC)n1. The smallest absolute Gasteiger partial charge is 0.132 e. The van der Waals surface area contributed by atoms with Gasteiger partial charge < -0.3 is 0 Å². The molecule has 0 aliphatic carbocycles. The summed E-state index contributed by atoms with van der Waals surface area (Å²) in [6.45, 7) is 14.8. The summed E-state index contributed by atoms with van der Waals surface area (Å²) in [5.74, 6) is 3.82. The average Bonchev–Trinajstić information content (AvgIpc) is 2.69. The predicted molar refractivity (Wildman–Crippen MR) is 121 cm³/mol. The molecular weight excluding hydrogens is 358 g/mol. The van der Waals surface area contributed by atoms with Crippen LogP contribution < -0.4 is 0 Å². The zero-order chi connectivity index (χ0) is 21.6. The number of aryl methyl sites for hydroxylation is 6. The van der Waals surface area contributed by atoms with E-state index in [1.54, 1.807) is 0 Å². The van der Waals surface area contributed by atoms with E-state index >= 15 is 0 Å². The highest BCUT2D eigenvalue weighted by molar-refractivity contribution is 5.23. The van der Waals surface area contributed by atoms with E-state index in [2.05, 4.69) is 66.5 Å². The Hall–Kier alpha value is -1.91. The highest BCUT2D eigenvalue weighted by atomic mass is 15.0. The number of unbranched alkanes of at least 4 members (excludes halogenated alkanes) is 3. The molecule has 0 atom stereocenters. The molecule has 2 aromatic heterocycles. The molecule has 0 unspecified atom stereocenters. The molecule has 0 amide bonds. The first-order valence-electron chi connectivity index (χ1n) is 11.5. The fourth-order valence-corrected chi connectivity index (χ4v) is 3.12. The molecule has 0 bridgehead atoms. The Balaban J connectivity index is 0.000000296. The number of hydrogen-bond donors (Lipinski definition) is 0. The van der Waals surface area contributed by atoms with Crippen molar-refractivity contribution in [3.8, 4) is 0 Å². The Kier molecular flexibility index (Phi) is 12.2. The molecule has 162 valence electrons. The van der Waals surface area contributed by atoms with Crippen LogP contribution in [0.5, 0.6) is 0 Å². The Labute approximate surface area is 178 Å². The third-order valence-corrected chi connectivity index (χ3v) is 4.94. The van der Waals surface area contributed by atoms with Crippen LogP contribution in [0.3, 0.4) is 0 Å². The quantitative estimate of drug-likeness (QED) is 0.468. The van der Waals surface area contributed by atoms with E-state index in [9.17, 15) is 0 Å². The van der Waals surface area contributed by atoms with E-state index < -0.39 is 0 Å². The minimum Gasteiger partial charge on any atom is -0.238 e. The summed E-state index contributed by atoms with van der Waals surface area (Å²) in [6, 6.07) is 0. The van der Waals surface area contributed by atoms with Gasteiger partial charge in [0.25, 0.3) is 0 Å². The zero-order valence-electron chi connectivity index (χ0n) is 19.8. The normalized spacial score (nSPS) is 10.6. The van der Waals surface area contributed by atoms with Crippen LogP contribution in [0.25, 0.3) is 0 Å². The minimum absolute atomic E-state index is 0.868. The van der Waals surface area contributed by atoms with Crippen LogP contribution in [0.4, 0.5) is 0 Å². The number of nitrogens with zero attached hydrogens (tertiary/aromatic N) is 5. The maximum absolute atomic E-state index is 4.53. The second-order valence-electron chi connectivity index (χ2n) is 7.68. The van der Waals surface area contributed by atoms with Gasteiger partial charge in [-0.2, -0.15) is 0 Å². The Morgan fingerprint density at radius 3 is 1.69 bits per heavy atom. The molecule has 0 aliphatic heterocycles. The molecule has 2 aromatic rings. The Morgan fingerprint density at radius 2 is 1.14 bits per heavy atom. The van der Waals surface area contributed by atoms with Crippen LogP contribution in [-0.4, -0.2) is 24.9 Å². The number of aromatic nitrogens is 5. The van der Waals surface area contributed by atoms with E-state index in [0.717, 1.165) is 67.5 Å². The maximum Gasteiger partial charge on any atom is 0.132 e. The lowest BCUT2D eigenvalue weighted by atomic mass is 10.1. The van der Waals surface area contributed by atoms with Crippen LogP contribution in [0.1, 0.15) is 106 Å². The van der Waals surface area contributed by atoms with Crippen LogP contribution in [0.15, 0.2) is 0 Å². The van der Waals surface area contributed by atoms with E-state index in [0.29, 0.717) is 0 Å². The molecular formula is C24H41N5. The molecule has 0 radical (unpaired) electrons. The van der Waals surface area contributed by atoms with Gasteiger partial charge in [-0.05, 0) is 52.0 Å². The van der Waals surface area contributed by atoms with Crippen molar-refractivity contribution in [2.75, 3.05) is 0 Å². The van der Waals surface area contributed by atoms with Gasteiger partial charge in [0, 0.05) is 30.7 Å².